The molecule has 0 fully saturated rings. The van der Waals surface area contributed by atoms with Crippen LogP contribution < -0.4 is 5.32 Å². The lowest BCUT2D eigenvalue weighted by Crippen LogP contribution is -2.38. The van der Waals surface area contributed by atoms with Gasteiger partial charge < -0.3 is 15.4 Å². The average Bonchev–Trinajstić information content (AvgIpc) is 2.96. The van der Waals surface area contributed by atoms with Gasteiger partial charge in [0.2, 0.25) is 0 Å². The average molecular weight is 269 g/mol. The maximum absolute atomic E-state index is 12.0. The molecule has 2 aromatic rings. The first-order chi connectivity index (χ1) is 9.72. The Labute approximate surface area is 116 Å². The number of hydrogen-bond donors (Lipinski definition) is 3. The van der Waals surface area contributed by atoms with E-state index in [1.54, 1.807) is 0 Å². The van der Waals surface area contributed by atoms with E-state index in [9.17, 15) is 9.90 Å². The molecule has 0 radical (unpaired) electrons. The number of benzene rings is 1. The van der Waals surface area contributed by atoms with E-state index in [1.807, 2.05) is 36.4 Å². The van der Waals surface area contributed by atoms with E-state index >= 15 is 0 Å². The summed E-state index contributed by atoms with van der Waals surface area (Å²) >= 11 is 0. The Bertz CT molecular complexity index is 614. The third-order valence-electron chi connectivity index (χ3n) is 2.95. The van der Waals surface area contributed by atoms with Gasteiger partial charge in [0, 0.05) is 6.20 Å². The van der Waals surface area contributed by atoms with Crippen molar-refractivity contribution < 1.29 is 9.90 Å². The number of aliphatic hydroxyl groups excluding tert-OH is 1. The maximum atomic E-state index is 12.0. The normalized spacial score (nSPS) is 11.6. The third-order valence-corrected chi connectivity index (χ3v) is 2.95. The molecule has 0 bridgehead atoms. The predicted molar refractivity (Wildman–Crippen MR) is 74.0 cm³/mol. The minimum Gasteiger partial charge on any atom is -0.394 e. The van der Waals surface area contributed by atoms with Gasteiger partial charge in [0.05, 0.1) is 18.2 Å². The van der Waals surface area contributed by atoms with E-state index < -0.39 is 0 Å². The highest BCUT2D eigenvalue weighted by molar-refractivity contribution is 5.94. The van der Waals surface area contributed by atoms with Gasteiger partial charge in [-0.3, -0.25) is 4.79 Å². The molecule has 2 rings (SSSR count). The van der Waals surface area contributed by atoms with Crippen LogP contribution in [0.5, 0.6) is 0 Å². The predicted octanol–water partition coefficient (Wildman–Crippen LogP) is 1.22. The van der Waals surface area contributed by atoms with Gasteiger partial charge in [-0.15, -0.1) is 0 Å². The molecule has 1 amide bonds. The van der Waals surface area contributed by atoms with Crippen molar-refractivity contribution in [1.29, 1.82) is 5.26 Å². The highest BCUT2D eigenvalue weighted by atomic mass is 16.3. The van der Waals surface area contributed by atoms with Crippen LogP contribution in [-0.2, 0) is 6.42 Å². The van der Waals surface area contributed by atoms with Gasteiger partial charge in [0.1, 0.15) is 11.8 Å². The van der Waals surface area contributed by atoms with Gasteiger partial charge in [-0.05, 0) is 18.1 Å². The molecule has 0 saturated carbocycles. The third kappa shape index (κ3) is 3.46. The Morgan fingerprint density at radius 3 is 2.75 bits per heavy atom. The monoisotopic (exact) mass is 269 g/mol. The second-order valence-corrected chi connectivity index (χ2v) is 4.46. The molecule has 0 aliphatic rings. The molecule has 20 heavy (non-hydrogen) atoms. The summed E-state index contributed by atoms with van der Waals surface area (Å²) in [5.41, 5.74) is 1.76. The van der Waals surface area contributed by atoms with Crippen LogP contribution in [0, 0.1) is 11.3 Å². The van der Waals surface area contributed by atoms with E-state index in [-0.39, 0.29) is 18.6 Å². The van der Waals surface area contributed by atoms with Gasteiger partial charge in [-0.25, -0.2) is 0 Å². The zero-order valence-corrected chi connectivity index (χ0v) is 10.8. The zero-order chi connectivity index (χ0) is 14.4. The molecule has 0 aliphatic heterocycles. The Kier molecular flexibility index (Phi) is 4.53. The first kappa shape index (κ1) is 13.8. The number of aromatic nitrogens is 1. The zero-order valence-electron chi connectivity index (χ0n) is 10.8. The Morgan fingerprint density at radius 1 is 1.40 bits per heavy atom. The number of amides is 1. The molecule has 1 aromatic heterocycles. The summed E-state index contributed by atoms with van der Waals surface area (Å²) in [6.45, 7) is -0.143. The first-order valence-electron chi connectivity index (χ1n) is 6.27. The largest absolute Gasteiger partial charge is 0.394 e. The molecular weight excluding hydrogens is 254 g/mol. The van der Waals surface area contributed by atoms with Crippen molar-refractivity contribution in [2.24, 2.45) is 0 Å². The Balaban J connectivity index is 1.99. The summed E-state index contributed by atoms with van der Waals surface area (Å²) in [6.07, 6.45) is 2.03. The standard InChI is InChI=1S/C15H15N3O2/c16-8-13-7-12(9-17-13)15(20)18-14(10-19)6-11-4-2-1-3-5-11/h1-5,7,9,14,17,19H,6,10H2,(H,18,20). The number of hydrogen-bond acceptors (Lipinski definition) is 3. The summed E-state index contributed by atoms with van der Waals surface area (Å²) in [7, 11) is 0. The number of carbonyl (C=O) groups is 1. The summed E-state index contributed by atoms with van der Waals surface area (Å²) in [5.74, 6) is -0.308. The fraction of sp³-hybridized carbons (Fsp3) is 0.200. The summed E-state index contributed by atoms with van der Waals surface area (Å²) in [4.78, 5) is 14.7. The summed E-state index contributed by atoms with van der Waals surface area (Å²) in [6, 6.07) is 12.7. The van der Waals surface area contributed by atoms with E-state index in [0.29, 0.717) is 17.7 Å². The second kappa shape index (κ2) is 6.55. The highest BCUT2D eigenvalue weighted by Crippen LogP contribution is 2.06. The number of aliphatic hydroxyl groups is 1. The number of rotatable bonds is 5. The number of H-pyrrole nitrogens is 1. The number of nitrogens with zero attached hydrogens (tertiary/aromatic N) is 1. The van der Waals surface area contributed by atoms with Gasteiger partial charge in [-0.1, -0.05) is 30.3 Å². The van der Waals surface area contributed by atoms with Crippen LogP contribution >= 0.6 is 0 Å². The van der Waals surface area contributed by atoms with Gasteiger partial charge in [0.15, 0.2) is 0 Å². The van der Waals surface area contributed by atoms with Crippen molar-refractivity contribution in [2.45, 2.75) is 12.5 Å². The lowest BCUT2D eigenvalue weighted by molar-refractivity contribution is 0.0916. The minimum absolute atomic E-state index is 0.143. The SMILES string of the molecule is N#Cc1cc(C(=O)NC(CO)Cc2ccccc2)c[nH]1. The molecular formula is C15H15N3O2. The number of nitriles is 1. The number of carbonyl (C=O) groups excluding carboxylic acids is 1. The van der Waals surface area contributed by atoms with Crippen LogP contribution in [0.25, 0.3) is 0 Å². The number of aromatic amines is 1. The second-order valence-electron chi connectivity index (χ2n) is 4.46. The topological polar surface area (TPSA) is 88.9 Å². The molecule has 0 spiro atoms. The van der Waals surface area contributed by atoms with Crippen LogP contribution in [-0.4, -0.2) is 28.6 Å². The molecule has 1 aromatic carbocycles. The Hall–Kier alpha value is -2.58. The molecule has 3 N–H and O–H groups in total. The number of nitrogens with one attached hydrogen (secondary N) is 2. The maximum Gasteiger partial charge on any atom is 0.253 e. The van der Waals surface area contributed by atoms with Crippen molar-refractivity contribution in [1.82, 2.24) is 10.3 Å². The molecule has 0 saturated heterocycles. The summed E-state index contributed by atoms with van der Waals surface area (Å²) in [5, 5.41) is 20.8. The summed E-state index contributed by atoms with van der Waals surface area (Å²) < 4.78 is 0. The Morgan fingerprint density at radius 2 is 2.15 bits per heavy atom. The van der Waals surface area contributed by atoms with Crippen molar-refractivity contribution >= 4 is 5.91 Å². The van der Waals surface area contributed by atoms with Gasteiger partial charge in [-0.2, -0.15) is 5.26 Å². The molecule has 5 heteroatoms. The molecule has 0 aliphatic carbocycles. The van der Waals surface area contributed by atoms with Gasteiger partial charge in [0.25, 0.3) is 5.91 Å². The fourth-order valence-electron chi connectivity index (χ4n) is 1.92. The van der Waals surface area contributed by atoms with Crippen LogP contribution in [0.2, 0.25) is 0 Å². The minimum atomic E-state index is -0.356. The van der Waals surface area contributed by atoms with Crippen LogP contribution in [0.3, 0.4) is 0 Å². The quantitative estimate of drug-likeness (QED) is 0.762. The molecule has 1 unspecified atom stereocenters. The highest BCUT2D eigenvalue weighted by Gasteiger charge is 2.14. The van der Waals surface area contributed by atoms with Crippen molar-refractivity contribution in [2.75, 3.05) is 6.61 Å². The smallest absolute Gasteiger partial charge is 0.253 e. The molecule has 5 nitrogen and oxygen atoms in total. The van der Waals surface area contributed by atoms with Crippen LogP contribution in [0.15, 0.2) is 42.6 Å². The van der Waals surface area contributed by atoms with E-state index in [2.05, 4.69) is 10.3 Å². The lowest BCUT2D eigenvalue weighted by atomic mass is 10.1. The van der Waals surface area contributed by atoms with Gasteiger partial charge >= 0.3 is 0 Å². The molecule has 102 valence electrons. The van der Waals surface area contributed by atoms with Crippen molar-refractivity contribution in [3.63, 3.8) is 0 Å². The lowest BCUT2D eigenvalue weighted by Gasteiger charge is -2.15. The first-order valence-corrected chi connectivity index (χ1v) is 6.27. The van der Waals surface area contributed by atoms with E-state index in [1.165, 1.54) is 12.3 Å². The van der Waals surface area contributed by atoms with Crippen molar-refractivity contribution in [3.8, 4) is 6.07 Å². The van der Waals surface area contributed by atoms with E-state index in [0.717, 1.165) is 5.56 Å². The van der Waals surface area contributed by atoms with E-state index in [4.69, 9.17) is 5.26 Å². The molecule has 1 atom stereocenters. The fourth-order valence-corrected chi connectivity index (χ4v) is 1.92. The molecule has 1 heterocycles. The van der Waals surface area contributed by atoms with Crippen LogP contribution in [0.4, 0.5) is 0 Å². The van der Waals surface area contributed by atoms with Crippen molar-refractivity contribution in [3.05, 3.63) is 59.4 Å². The van der Waals surface area contributed by atoms with Crippen LogP contribution in [0.1, 0.15) is 21.6 Å².